The first kappa shape index (κ1) is 18.2. The highest BCUT2D eigenvalue weighted by Gasteiger charge is 2.45. The summed E-state index contributed by atoms with van der Waals surface area (Å²) in [6.45, 7) is -0.658. The number of carbonyl (C=O) groups is 1. The molecule has 0 aliphatic carbocycles. The van der Waals surface area contributed by atoms with Crippen LogP contribution in [0.3, 0.4) is 0 Å². The van der Waals surface area contributed by atoms with E-state index in [-0.39, 0.29) is 5.75 Å². The second kappa shape index (κ2) is 7.60. The van der Waals surface area contributed by atoms with Gasteiger partial charge in [-0.15, -0.1) is 0 Å². The van der Waals surface area contributed by atoms with Crippen LogP contribution in [0.5, 0.6) is 5.75 Å². The highest BCUT2D eigenvalue weighted by Crippen LogP contribution is 2.24. The number of ether oxygens (including phenoxy) is 2. The van der Waals surface area contributed by atoms with E-state index in [1.165, 1.54) is 24.3 Å². The number of aliphatic carboxylic acids is 1. The summed E-state index contributed by atoms with van der Waals surface area (Å²) < 4.78 is 10.2. The van der Waals surface area contributed by atoms with Crippen LogP contribution in [0.4, 0.5) is 0 Å². The van der Waals surface area contributed by atoms with Crippen molar-refractivity contribution in [1.29, 1.82) is 0 Å². The molecule has 0 radical (unpaired) electrons. The number of aromatic hydroxyl groups is 1. The molecule has 0 amide bonds. The molecule has 1 fully saturated rings. The van der Waals surface area contributed by atoms with Gasteiger partial charge in [-0.1, -0.05) is 12.1 Å². The van der Waals surface area contributed by atoms with Gasteiger partial charge in [-0.05, 0) is 23.8 Å². The van der Waals surface area contributed by atoms with E-state index < -0.39 is 49.0 Å². The number of carboxylic acids is 1. The fourth-order valence-electron chi connectivity index (χ4n) is 2.16. The number of hydrogen-bond acceptors (Lipinski definition) is 8. The van der Waals surface area contributed by atoms with Crippen molar-refractivity contribution in [3.63, 3.8) is 0 Å². The molecule has 9 heteroatoms. The smallest absolute Gasteiger partial charge is 0.371 e. The first-order valence-electron chi connectivity index (χ1n) is 7.04. The molecule has 24 heavy (non-hydrogen) atoms. The molecule has 1 heterocycles. The molecule has 1 aromatic carbocycles. The molecular weight excluding hydrogens is 324 g/mol. The van der Waals surface area contributed by atoms with Gasteiger partial charge in [-0.3, -0.25) is 0 Å². The summed E-state index contributed by atoms with van der Waals surface area (Å²) in [5.74, 6) is -2.05. The first-order valence-corrected chi connectivity index (χ1v) is 7.04. The lowest BCUT2D eigenvalue weighted by Crippen LogP contribution is -2.59. The second-order valence-corrected chi connectivity index (χ2v) is 5.22. The quantitative estimate of drug-likeness (QED) is 0.281. The number of aliphatic hydroxyl groups excluding tert-OH is 4. The Bertz CT molecular complexity index is 595. The van der Waals surface area contributed by atoms with Crippen molar-refractivity contribution < 1.29 is 44.9 Å². The van der Waals surface area contributed by atoms with Crippen LogP contribution in [-0.4, -0.2) is 73.9 Å². The molecule has 5 atom stereocenters. The van der Waals surface area contributed by atoms with Gasteiger partial charge in [0, 0.05) is 0 Å². The summed E-state index contributed by atoms with van der Waals surface area (Å²) >= 11 is 0. The van der Waals surface area contributed by atoms with E-state index in [1.807, 2.05) is 0 Å². The van der Waals surface area contributed by atoms with Gasteiger partial charge in [0.1, 0.15) is 30.2 Å². The van der Waals surface area contributed by atoms with Crippen molar-refractivity contribution in [3.05, 3.63) is 35.6 Å². The Kier molecular flexibility index (Phi) is 5.75. The summed E-state index contributed by atoms with van der Waals surface area (Å²) in [6.07, 6.45) is -6.64. The van der Waals surface area contributed by atoms with Gasteiger partial charge in [0.15, 0.2) is 0 Å². The van der Waals surface area contributed by atoms with E-state index >= 15 is 0 Å². The number of phenolic OH excluding ortho intramolecular Hbond substituents is 1. The molecule has 1 aliphatic rings. The lowest BCUT2D eigenvalue weighted by atomic mass is 9.99. The zero-order valence-electron chi connectivity index (χ0n) is 12.4. The van der Waals surface area contributed by atoms with Crippen LogP contribution in [0.2, 0.25) is 0 Å². The van der Waals surface area contributed by atoms with E-state index in [2.05, 4.69) is 0 Å². The zero-order chi connectivity index (χ0) is 17.9. The van der Waals surface area contributed by atoms with Gasteiger partial charge in [0.05, 0.1) is 6.61 Å². The lowest BCUT2D eigenvalue weighted by molar-refractivity contribution is -0.291. The van der Waals surface area contributed by atoms with Crippen LogP contribution >= 0.6 is 0 Å². The fourth-order valence-corrected chi connectivity index (χ4v) is 2.16. The average Bonchev–Trinajstić information content (AvgIpc) is 2.56. The summed E-state index contributed by atoms with van der Waals surface area (Å²) in [7, 11) is 0. The summed E-state index contributed by atoms with van der Waals surface area (Å²) in [6, 6.07) is 5.57. The van der Waals surface area contributed by atoms with Crippen molar-refractivity contribution in [3.8, 4) is 5.75 Å². The zero-order valence-corrected chi connectivity index (χ0v) is 12.4. The Labute approximate surface area is 136 Å². The van der Waals surface area contributed by atoms with Crippen LogP contribution in [-0.2, 0) is 14.3 Å². The lowest BCUT2D eigenvalue weighted by Gasteiger charge is -2.39. The molecule has 6 N–H and O–H groups in total. The molecule has 132 valence electrons. The van der Waals surface area contributed by atoms with E-state index in [0.29, 0.717) is 5.56 Å². The van der Waals surface area contributed by atoms with Gasteiger partial charge in [-0.2, -0.15) is 0 Å². The number of rotatable bonds is 5. The summed E-state index contributed by atoms with van der Waals surface area (Å²) in [4.78, 5) is 11.3. The van der Waals surface area contributed by atoms with Crippen LogP contribution in [0.1, 0.15) is 5.56 Å². The van der Waals surface area contributed by atoms with Crippen LogP contribution in [0, 0.1) is 0 Å². The highest BCUT2D eigenvalue weighted by atomic mass is 16.7. The second-order valence-electron chi connectivity index (χ2n) is 5.22. The average molecular weight is 342 g/mol. The Balaban J connectivity index is 2.20. The molecule has 0 spiro atoms. The van der Waals surface area contributed by atoms with Crippen molar-refractivity contribution >= 4 is 12.0 Å². The first-order chi connectivity index (χ1) is 11.3. The maximum absolute atomic E-state index is 11.3. The van der Waals surface area contributed by atoms with Crippen molar-refractivity contribution in [2.45, 2.75) is 30.7 Å². The van der Waals surface area contributed by atoms with Gasteiger partial charge in [0.2, 0.25) is 12.0 Å². The van der Waals surface area contributed by atoms with E-state index in [1.54, 1.807) is 0 Å². The maximum atomic E-state index is 11.3. The summed E-state index contributed by atoms with van der Waals surface area (Å²) in [5.41, 5.74) is 0.398. The van der Waals surface area contributed by atoms with Crippen molar-refractivity contribution in [2.75, 3.05) is 6.61 Å². The Morgan fingerprint density at radius 3 is 2.29 bits per heavy atom. The molecule has 9 nitrogen and oxygen atoms in total. The predicted molar refractivity (Wildman–Crippen MR) is 78.6 cm³/mol. The van der Waals surface area contributed by atoms with Gasteiger partial charge in [-0.25, -0.2) is 4.79 Å². The highest BCUT2D eigenvalue weighted by molar-refractivity contribution is 5.89. The number of phenols is 1. The van der Waals surface area contributed by atoms with E-state index in [4.69, 9.17) is 14.6 Å². The minimum Gasteiger partial charge on any atom is -0.508 e. The third-order valence-corrected chi connectivity index (χ3v) is 3.49. The van der Waals surface area contributed by atoms with Crippen molar-refractivity contribution in [1.82, 2.24) is 0 Å². The van der Waals surface area contributed by atoms with Gasteiger partial charge in [0.25, 0.3) is 0 Å². The number of benzene rings is 1. The van der Waals surface area contributed by atoms with Crippen LogP contribution in [0.15, 0.2) is 30.0 Å². The molecule has 0 saturated carbocycles. The number of aliphatic hydroxyl groups is 4. The van der Waals surface area contributed by atoms with Gasteiger partial charge < -0.3 is 40.1 Å². The molecule has 2 rings (SSSR count). The topological polar surface area (TPSA) is 157 Å². The predicted octanol–water partition coefficient (Wildman–Crippen LogP) is -1.37. The van der Waals surface area contributed by atoms with Crippen LogP contribution in [0.25, 0.3) is 6.08 Å². The minimum atomic E-state index is -1.72. The summed E-state index contributed by atoms with van der Waals surface area (Å²) in [5, 5.41) is 56.7. The molecule has 1 saturated heterocycles. The normalized spacial score (nSPS) is 30.8. The molecule has 0 bridgehead atoms. The third kappa shape index (κ3) is 4.02. The van der Waals surface area contributed by atoms with E-state index in [0.717, 1.165) is 6.08 Å². The molecule has 1 aromatic rings. The monoisotopic (exact) mass is 342 g/mol. The molecule has 0 aromatic heterocycles. The molecule has 0 unspecified atom stereocenters. The van der Waals surface area contributed by atoms with E-state index in [9.17, 15) is 30.3 Å². The Morgan fingerprint density at radius 1 is 1.12 bits per heavy atom. The maximum Gasteiger partial charge on any atom is 0.371 e. The van der Waals surface area contributed by atoms with Crippen molar-refractivity contribution in [2.24, 2.45) is 0 Å². The Morgan fingerprint density at radius 2 is 1.75 bits per heavy atom. The fraction of sp³-hybridized carbons (Fsp3) is 0.400. The SMILES string of the molecule is O=C(O)/C(=C\c1ccc(O)cc1)O[C@H]1O[C@@H](CO)[C@H](O)[C@@H](O)[C@@H]1O. The number of hydrogen-bond donors (Lipinski definition) is 6. The largest absolute Gasteiger partial charge is 0.508 e. The van der Waals surface area contributed by atoms with Gasteiger partial charge >= 0.3 is 5.97 Å². The standard InChI is InChI=1S/C15H18O9/c16-6-10-11(18)12(19)13(20)15(24-10)23-9(14(21)22)5-7-1-3-8(17)4-2-7/h1-5,10-13,15-20H,6H2,(H,21,22)/b9-5+/t10-,11-,12+,13-,15-/m0/s1. The third-order valence-electron chi connectivity index (χ3n) is 3.49. The molecular formula is C15H18O9. The number of carboxylic acid groups (broad SMARTS) is 1. The van der Waals surface area contributed by atoms with Crippen LogP contribution < -0.4 is 0 Å². The Hall–Kier alpha value is -2.17. The minimum absolute atomic E-state index is 0.00104. The molecule has 1 aliphatic heterocycles.